The molecule has 1 aliphatic rings. The van der Waals surface area contributed by atoms with Gasteiger partial charge in [0.15, 0.2) is 0 Å². The van der Waals surface area contributed by atoms with Crippen molar-refractivity contribution in [3.8, 4) is 0 Å². The van der Waals surface area contributed by atoms with Crippen molar-refractivity contribution in [1.29, 1.82) is 0 Å². The number of nitrogens with zero attached hydrogens (tertiary/aromatic N) is 1. The van der Waals surface area contributed by atoms with Crippen molar-refractivity contribution in [2.45, 2.75) is 58.0 Å². The van der Waals surface area contributed by atoms with Gasteiger partial charge in [-0.15, -0.1) is 0 Å². The Morgan fingerprint density at radius 2 is 2.00 bits per heavy atom. The van der Waals surface area contributed by atoms with Crippen molar-refractivity contribution in [1.82, 2.24) is 10.2 Å². The summed E-state index contributed by atoms with van der Waals surface area (Å²) in [5.74, 6) is -0.0188. The number of amides is 2. The molecule has 2 amide bonds. The lowest BCUT2D eigenvalue weighted by molar-refractivity contribution is -0.153. The molecule has 2 unspecified atom stereocenters. The van der Waals surface area contributed by atoms with E-state index in [4.69, 9.17) is 4.74 Å². The summed E-state index contributed by atoms with van der Waals surface area (Å²) in [7, 11) is 1.69. The number of piperazine rings is 1. The maximum absolute atomic E-state index is 12.4. The predicted molar refractivity (Wildman–Crippen MR) is 73.7 cm³/mol. The third-order valence-corrected chi connectivity index (χ3v) is 3.93. The van der Waals surface area contributed by atoms with Crippen molar-refractivity contribution >= 4 is 11.8 Å². The van der Waals surface area contributed by atoms with Gasteiger partial charge in [-0.25, -0.2) is 0 Å². The van der Waals surface area contributed by atoms with Crippen LogP contribution in [0, 0.1) is 0 Å². The molecule has 1 rings (SSSR count). The van der Waals surface area contributed by atoms with Crippen LogP contribution in [0.25, 0.3) is 0 Å². The molecule has 0 aliphatic carbocycles. The normalized spacial score (nSPS) is 27.6. The SMILES string of the molecule is CCC1(C)NC(=O)C(C)N(CCCCCOC)C1=O. The number of hydrogen-bond donors (Lipinski definition) is 1. The van der Waals surface area contributed by atoms with Gasteiger partial charge in [0.1, 0.15) is 11.6 Å². The minimum Gasteiger partial charge on any atom is -0.385 e. The number of hydrogen-bond acceptors (Lipinski definition) is 3. The Kier molecular flexibility index (Phi) is 5.79. The summed E-state index contributed by atoms with van der Waals surface area (Å²) in [4.78, 5) is 26.1. The van der Waals surface area contributed by atoms with Crippen molar-refractivity contribution in [3.63, 3.8) is 0 Å². The molecular formula is C14H26N2O3. The van der Waals surface area contributed by atoms with Gasteiger partial charge in [0.05, 0.1) is 0 Å². The van der Waals surface area contributed by atoms with Gasteiger partial charge < -0.3 is 15.0 Å². The van der Waals surface area contributed by atoms with E-state index in [-0.39, 0.29) is 17.9 Å². The quantitative estimate of drug-likeness (QED) is 0.710. The maximum Gasteiger partial charge on any atom is 0.248 e. The van der Waals surface area contributed by atoms with Crippen LogP contribution < -0.4 is 5.32 Å². The van der Waals surface area contributed by atoms with E-state index in [1.54, 1.807) is 25.9 Å². The Morgan fingerprint density at radius 3 is 2.58 bits per heavy atom. The Bertz CT molecular complexity index is 333. The molecule has 1 saturated heterocycles. The highest BCUT2D eigenvalue weighted by molar-refractivity contribution is 5.99. The van der Waals surface area contributed by atoms with Crippen LogP contribution in [0.3, 0.4) is 0 Å². The lowest BCUT2D eigenvalue weighted by Gasteiger charge is -2.43. The molecule has 1 fully saturated rings. The molecule has 0 aromatic heterocycles. The smallest absolute Gasteiger partial charge is 0.248 e. The van der Waals surface area contributed by atoms with Crippen LogP contribution in [-0.2, 0) is 14.3 Å². The fourth-order valence-electron chi connectivity index (χ4n) is 2.30. The van der Waals surface area contributed by atoms with Gasteiger partial charge in [0.25, 0.3) is 0 Å². The third kappa shape index (κ3) is 3.69. The highest BCUT2D eigenvalue weighted by Gasteiger charge is 2.44. The summed E-state index contributed by atoms with van der Waals surface area (Å²) in [6, 6.07) is -0.366. The zero-order valence-electron chi connectivity index (χ0n) is 12.5. The number of carbonyl (C=O) groups excluding carboxylic acids is 2. The summed E-state index contributed by atoms with van der Waals surface area (Å²) in [6.45, 7) is 6.91. The van der Waals surface area contributed by atoms with Gasteiger partial charge >= 0.3 is 0 Å². The molecule has 110 valence electrons. The number of rotatable bonds is 7. The summed E-state index contributed by atoms with van der Waals surface area (Å²) in [5.41, 5.74) is -0.740. The van der Waals surface area contributed by atoms with Gasteiger partial charge in [0.2, 0.25) is 11.8 Å². The van der Waals surface area contributed by atoms with Gasteiger partial charge in [0, 0.05) is 20.3 Å². The molecule has 5 heteroatoms. The molecule has 0 radical (unpaired) electrons. The molecule has 0 aromatic rings. The fourth-order valence-corrected chi connectivity index (χ4v) is 2.30. The molecule has 19 heavy (non-hydrogen) atoms. The average Bonchev–Trinajstić information content (AvgIpc) is 2.40. The zero-order chi connectivity index (χ0) is 14.5. The van der Waals surface area contributed by atoms with E-state index < -0.39 is 5.54 Å². The van der Waals surface area contributed by atoms with Gasteiger partial charge in [-0.05, 0) is 39.5 Å². The fraction of sp³-hybridized carbons (Fsp3) is 0.857. The van der Waals surface area contributed by atoms with Crippen molar-refractivity contribution in [2.75, 3.05) is 20.3 Å². The Balaban J connectivity index is 2.58. The van der Waals surface area contributed by atoms with E-state index >= 15 is 0 Å². The first kappa shape index (κ1) is 16.0. The molecule has 0 bridgehead atoms. The average molecular weight is 270 g/mol. The van der Waals surface area contributed by atoms with Crippen molar-refractivity contribution < 1.29 is 14.3 Å². The topological polar surface area (TPSA) is 58.6 Å². The Morgan fingerprint density at radius 1 is 1.32 bits per heavy atom. The molecule has 0 spiro atoms. The van der Waals surface area contributed by atoms with Gasteiger partial charge in [-0.2, -0.15) is 0 Å². The van der Waals surface area contributed by atoms with E-state index in [9.17, 15) is 9.59 Å². The lowest BCUT2D eigenvalue weighted by Crippen LogP contribution is -2.68. The van der Waals surface area contributed by atoms with Crippen LogP contribution in [0.15, 0.2) is 0 Å². The number of methoxy groups -OCH3 is 1. The third-order valence-electron chi connectivity index (χ3n) is 3.93. The van der Waals surface area contributed by atoms with Gasteiger partial charge in [-0.3, -0.25) is 9.59 Å². The van der Waals surface area contributed by atoms with Crippen molar-refractivity contribution in [2.24, 2.45) is 0 Å². The molecule has 1 aliphatic heterocycles. The standard InChI is InChI=1S/C14H26N2O3/c1-5-14(3)13(18)16(11(2)12(17)15-14)9-7-6-8-10-19-4/h11H,5-10H2,1-4H3,(H,15,17). The highest BCUT2D eigenvalue weighted by Crippen LogP contribution is 2.21. The second-order valence-electron chi connectivity index (χ2n) is 5.40. The molecule has 2 atom stereocenters. The van der Waals surface area contributed by atoms with E-state index in [0.717, 1.165) is 25.9 Å². The highest BCUT2D eigenvalue weighted by atomic mass is 16.5. The first-order chi connectivity index (χ1) is 8.96. The Hall–Kier alpha value is -1.10. The van der Waals surface area contributed by atoms with Crippen LogP contribution in [-0.4, -0.2) is 48.6 Å². The molecule has 0 aromatic carbocycles. The van der Waals surface area contributed by atoms with Crippen LogP contribution in [0.1, 0.15) is 46.5 Å². The largest absolute Gasteiger partial charge is 0.385 e. The number of nitrogens with one attached hydrogen (secondary N) is 1. The van der Waals surface area contributed by atoms with Crippen LogP contribution in [0.4, 0.5) is 0 Å². The molecular weight excluding hydrogens is 244 g/mol. The maximum atomic E-state index is 12.4. The number of unbranched alkanes of at least 4 members (excludes halogenated alkanes) is 2. The lowest BCUT2D eigenvalue weighted by atomic mass is 9.92. The second-order valence-corrected chi connectivity index (χ2v) is 5.40. The van der Waals surface area contributed by atoms with Crippen LogP contribution >= 0.6 is 0 Å². The van der Waals surface area contributed by atoms with Crippen molar-refractivity contribution in [3.05, 3.63) is 0 Å². The van der Waals surface area contributed by atoms with Crippen LogP contribution in [0.2, 0.25) is 0 Å². The molecule has 0 saturated carbocycles. The molecule has 5 nitrogen and oxygen atoms in total. The molecule has 1 N–H and O–H groups in total. The summed E-state index contributed by atoms with van der Waals surface area (Å²) in [5, 5.41) is 2.83. The van der Waals surface area contributed by atoms with E-state index in [1.807, 2.05) is 6.92 Å². The summed E-state index contributed by atoms with van der Waals surface area (Å²) in [6.07, 6.45) is 3.52. The first-order valence-electron chi connectivity index (χ1n) is 7.08. The predicted octanol–water partition coefficient (Wildman–Crippen LogP) is 1.32. The first-order valence-corrected chi connectivity index (χ1v) is 7.08. The molecule has 1 heterocycles. The minimum absolute atomic E-state index is 0.0360. The van der Waals surface area contributed by atoms with E-state index in [2.05, 4.69) is 5.32 Å². The Labute approximate surface area is 115 Å². The summed E-state index contributed by atoms with van der Waals surface area (Å²) >= 11 is 0. The second kappa shape index (κ2) is 6.89. The zero-order valence-corrected chi connectivity index (χ0v) is 12.5. The van der Waals surface area contributed by atoms with E-state index in [0.29, 0.717) is 13.0 Å². The van der Waals surface area contributed by atoms with Gasteiger partial charge in [-0.1, -0.05) is 6.92 Å². The minimum atomic E-state index is -0.740. The van der Waals surface area contributed by atoms with E-state index in [1.165, 1.54) is 0 Å². The van der Waals surface area contributed by atoms with Crippen LogP contribution in [0.5, 0.6) is 0 Å². The monoisotopic (exact) mass is 270 g/mol. The summed E-state index contributed by atoms with van der Waals surface area (Å²) < 4.78 is 5.00. The number of carbonyl (C=O) groups is 2. The number of ether oxygens (including phenoxy) is 1.